The topological polar surface area (TPSA) is 44.1 Å². The second kappa shape index (κ2) is 8.15. The maximum atomic E-state index is 12.7. The zero-order chi connectivity index (χ0) is 17.9. The largest absolute Gasteiger partial charge is 0.376 e. The number of hydrogen-bond acceptors (Lipinski definition) is 4. The van der Waals surface area contributed by atoms with Gasteiger partial charge in [0.2, 0.25) is 0 Å². The molecule has 0 amide bonds. The van der Waals surface area contributed by atoms with E-state index >= 15 is 0 Å². The molecule has 1 saturated heterocycles. The Bertz CT molecular complexity index is 846. The number of aromatic nitrogens is 2. The van der Waals surface area contributed by atoms with Crippen LogP contribution in [-0.4, -0.2) is 22.3 Å². The highest BCUT2D eigenvalue weighted by atomic mass is 35.5. The zero-order valence-electron chi connectivity index (χ0n) is 14.7. The van der Waals surface area contributed by atoms with Crippen LogP contribution in [0, 0.1) is 0 Å². The summed E-state index contributed by atoms with van der Waals surface area (Å²) in [5.41, 5.74) is 3.47. The number of hydrogen-bond donors (Lipinski definition) is 0. The van der Waals surface area contributed by atoms with Gasteiger partial charge in [0.05, 0.1) is 12.6 Å². The molecule has 1 fully saturated rings. The number of rotatable bonds is 5. The van der Waals surface area contributed by atoms with E-state index < -0.39 is 0 Å². The fourth-order valence-electron chi connectivity index (χ4n) is 3.83. The third-order valence-electron chi connectivity index (χ3n) is 5.13. The van der Waals surface area contributed by atoms with Crippen molar-refractivity contribution in [3.05, 3.63) is 56.6 Å². The Kier molecular flexibility index (Phi) is 5.67. The number of fused-ring (bicyclic) bond motifs is 1. The summed E-state index contributed by atoms with van der Waals surface area (Å²) in [4.78, 5) is 17.2. The maximum absolute atomic E-state index is 12.7. The molecule has 4 rings (SSSR count). The van der Waals surface area contributed by atoms with Crippen LogP contribution in [0.3, 0.4) is 0 Å². The molecule has 26 heavy (non-hydrogen) atoms. The van der Waals surface area contributed by atoms with Crippen LogP contribution in [0.4, 0.5) is 0 Å². The average molecular weight is 391 g/mol. The van der Waals surface area contributed by atoms with Crippen LogP contribution in [0.25, 0.3) is 0 Å². The van der Waals surface area contributed by atoms with E-state index in [2.05, 4.69) is 11.1 Å². The molecular formula is C20H23ClN2O2S. The van der Waals surface area contributed by atoms with E-state index in [9.17, 15) is 4.79 Å². The van der Waals surface area contributed by atoms with E-state index in [4.69, 9.17) is 16.3 Å². The minimum atomic E-state index is -0.130. The first-order valence-corrected chi connectivity index (χ1v) is 10.7. The predicted octanol–water partition coefficient (Wildman–Crippen LogP) is 4.25. The van der Waals surface area contributed by atoms with Crippen molar-refractivity contribution in [3.8, 4) is 0 Å². The molecule has 1 aromatic carbocycles. The summed E-state index contributed by atoms with van der Waals surface area (Å²) in [5, 5.41) is 1.64. The monoisotopic (exact) mass is 390 g/mol. The number of benzene rings is 1. The molecule has 0 radical (unpaired) electrons. The Morgan fingerprint density at radius 3 is 2.96 bits per heavy atom. The molecule has 2 heterocycles. The van der Waals surface area contributed by atoms with Crippen LogP contribution in [-0.2, 0) is 29.9 Å². The molecule has 1 aliphatic heterocycles. The van der Waals surface area contributed by atoms with Crippen LogP contribution >= 0.6 is 23.4 Å². The summed E-state index contributed by atoms with van der Waals surface area (Å²) in [6, 6.07) is 7.87. The fourth-order valence-corrected chi connectivity index (χ4v) is 5.06. The lowest BCUT2D eigenvalue weighted by Gasteiger charge is -2.24. The molecule has 0 saturated carbocycles. The summed E-state index contributed by atoms with van der Waals surface area (Å²) in [6.07, 6.45) is 6.55. The van der Waals surface area contributed by atoms with Gasteiger partial charge in [-0.3, -0.25) is 4.57 Å². The van der Waals surface area contributed by atoms with Crippen LogP contribution < -0.4 is 5.69 Å². The Hall–Kier alpha value is -1.30. The van der Waals surface area contributed by atoms with Gasteiger partial charge in [-0.15, -0.1) is 11.8 Å². The van der Waals surface area contributed by atoms with E-state index in [1.807, 2.05) is 22.8 Å². The van der Waals surface area contributed by atoms with Gasteiger partial charge in [0.1, 0.15) is 5.03 Å². The van der Waals surface area contributed by atoms with Gasteiger partial charge in [-0.2, -0.15) is 4.98 Å². The van der Waals surface area contributed by atoms with Crippen molar-refractivity contribution in [2.45, 2.75) is 62.0 Å². The lowest BCUT2D eigenvalue weighted by atomic mass is 9.97. The van der Waals surface area contributed by atoms with E-state index in [1.165, 1.54) is 11.3 Å². The zero-order valence-corrected chi connectivity index (χ0v) is 16.3. The van der Waals surface area contributed by atoms with Crippen molar-refractivity contribution in [3.63, 3.8) is 0 Å². The highest BCUT2D eigenvalue weighted by Gasteiger charge is 2.24. The number of thioether (sulfide) groups is 1. The molecule has 6 heteroatoms. The summed E-state index contributed by atoms with van der Waals surface area (Å²) in [7, 11) is 0. The van der Waals surface area contributed by atoms with Crippen molar-refractivity contribution >= 4 is 23.4 Å². The van der Waals surface area contributed by atoms with Crippen LogP contribution in [0.2, 0.25) is 5.02 Å². The third kappa shape index (κ3) is 4.00. The highest BCUT2D eigenvalue weighted by Crippen LogP contribution is 2.31. The average Bonchev–Trinajstić information content (AvgIpc) is 3.16. The summed E-state index contributed by atoms with van der Waals surface area (Å²) in [5.74, 6) is 0.773. The SMILES string of the molecule is O=c1nc(SCc2cccc(Cl)c2)c2c(n1C[C@H]1CCCO1)CCCC2. The minimum absolute atomic E-state index is 0.130. The molecule has 1 aliphatic carbocycles. The Morgan fingerprint density at radius 1 is 1.27 bits per heavy atom. The fraction of sp³-hybridized carbons (Fsp3) is 0.500. The standard InChI is InChI=1S/C20H23ClN2O2S/c21-15-6-3-5-14(11-15)13-26-19-17-8-1-2-9-18(17)23(20(24)22-19)12-16-7-4-10-25-16/h3,5-6,11,16H,1-2,4,7-10,12-13H2/t16-/m1/s1. The normalized spacial score (nSPS) is 19.5. The molecule has 1 aromatic heterocycles. The van der Waals surface area contributed by atoms with Gasteiger partial charge in [0.25, 0.3) is 0 Å². The Labute approximate surface area is 162 Å². The highest BCUT2D eigenvalue weighted by molar-refractivity contribution is 7.98. The van der Waals surface area contributed by atoms with E-state index in [1.54, 1.807) is 11.8 Å². The summed E-state index contributed by atoms with van der Waals surface area (Å²) in [6.45, 7) is 1.45. The molecule has 0 unspecified atom stereocenters. The molecule has 4 nitrogen and oxygen atoms in total. The van der Waals surface area contributed by atoms with Gasteiger partial charge in [-0.1, -0.05) is 23.7 Å². The van der Waals surface area contributed by atoms with Crippen LogP contribution in [0.5, 0.6) is 0 Å². The van der Waals surface area contributed by atoms with Gasteiger partial charge < -0.3 is 4.74 Å². The lowest BCUT2D eigenvalue weighted by Crippen LogP contribution is -2.33. The van der Waals surface area contributed by atoms with Crippen LogP contribution in [0.15, 0.2) is 34.1 Å². The minimum Gasteiger partial charge on any atom is -0.376 e. The van der Waals surface area contributed by atoms with Crippen LogP contribution in [0.1, 0.15) is 42.5 Å². The molecule has 2 aromatic rings. The van der Waals surface area contributed by atoms with E-state index in [0.717, 1.165) is 66.5 Å². The van der Waals surface area contributed by atoms with Gasteiger partial charge in [-0.25, -0.2) is 4.79 Å². The molecule has 0 spiro atoms. The molecule has 2 aliphatic rings. The smallest absolute Gasteiger partial charge is 0.348 e. The van der Waals surface area contributed by atoms with Gasteiger partial charge in [-0.05, 0) is 56.2 Å². The number of nitrogens with zero attached hydrogens (tertiary/aromatic N) is 2. The summed E-state index contributed by atoms with van der Waals surface area (Å²) < 4.78 is 7.63. The van der Waals surface area contributed by atoms with Gasteiger partial charge >= 0.3 is 5.69 Å². The Morgan fingerprint density at radius 2 is 2.15 bits per heavy atom. The molecular weight excluding hydrogens is 368 g/mol. The maximum Gasteiger partial charge on any atom is 0.348 e. The first-order chi connectivity index (χ1) is 12.7. The quantitative estimate of drug-likeness (QED) is 0.565. The molecule has 0 bridgehead atoms. The molecule has 1 atom stereocenters. The van der Waals surface area contributed by atoms with Gasteiger partial charge in [0, 0.05) is 28.6 Å². The van der Waals surface area contributed by atoms with E-state index in [-0.39, 0.29) is 11.8 Å². The van der Waals surface area contributed by atoms with Gasteiger partial charge in [0.15, 0.2) is 0 Å². The Balaban J connectivity index is 1.60. The third-order valence-corrected chi connectivity index (χ3v) is 6.45. The summed E-state index contributed by atoms with van der Waals surface area (Å²) >= 11 is 7.73. The molecule has 0 N–H and O–H groups in total. The lowest BCUT2D eigenvalue weighted by molar-refractivity contribution is 0.0947. The number of ether oxygens (including phenoxy) is 1. The van der Waals surface area contributed by atoms with Crippen molar-refractivity contribution in [2.75, 3.05) is 6.61 Å². The first kappa shape index (κ1) is 18.1. The van der Waals surface area contributed by atoms with Crippen molar-refractivity contribution in [1.82, 2.24) is 9.55 Å². The second-order valence-corrected chi connectivity index (χ2v) is 8.40. The first-order valence-electron chi connectivity index (χ1n) is 9.32. The van der Waals surface area contributed by atoms with Crippen molar-refractivity contribution < 1.29 is 4.74 Å². The van der Waals surface area contributed by atoms with Crippen molar-refractivity contribution in [1.29, 1.82) is 0 Å². The van der Waals surface area contributed by atoms with Crippen molar-refractivity contribution in [2.24, 2.45) is 0 Å². The molecule has 138 valence electrons. The van der Waals surface area contributed by atoms with E-state index in [0.29, 0.717) is 6.54 Å². The number of halogens is 1. The second-order valence-electron chi connectivity index (χ2n) is 7.00. The predicted molar refractivity (Wildman–Crippen MR) is 105 cm³/mol.